The third kappa shape index (κ3) is 6.30. The van der Waals surface area contributed by atoms with Crippen molar-refractivity contribution in [3.8, 4) is 0 Å². The molecule has 2 amide bonds. The maximum absolute atomic E-state index is 14.3. The first-order valence-electron chi connectivity index (χ1n) is 8.05. The molecule has 9 heteroatoms. The minimum Gasteiger partial charge on any atom is -0.467 e. The molecule has 2 atom stereocenters. The van der Waals surface area contributed by atoms with Crippen LogP contribution in [0.5, 0.6) is 0 Å². The Labute approximate surface area is 156 Å². The number of amides is 2. The van der Waals surface area contributed by atoms with E-state index in [4.69, 9.17) is 5.73 Å². The van der Waals surface area contributed by atoms with E-state index >= 15 is 0 Å². The van der Waals surface area contributed by atoms with E-state index in [1.54, 1.807) is 19.2 Å². The molecule has 0 bridgehead atoms. The van der Waals surface area contributed by atoms with Gasteiger partial charge in [-0.15, -0.1) is 0 Å². The smallest absolute Gasteiger partial charge is 0.328 e. The second-order valence-electron chi connectivity index (χ2n) is 5.46. The van der Waals surface area contributed by atoms with E-state index in [9.17, 15) is 18.8 Å². The Morgan fingerprint density at radius 1 is 1.35 bits per heavy atom. The Kier molecular flexibility index (Phi) is 9.08. The highest BCUT2D eigenvalue weighted by Crippen LogP contribution is 2.19. The zero-order chi connectivity index (χ0) is 19.7. The monoisotopic (exact) mass is 385 g/mol. The first kappa shape index (κ1) is 21.9. The summed E-state index contributed by atoms with van der Waals surface area (Å²) in [6, 6.07) is 3.28. The Balaban J connectivity index is 2.88. The van der Waals surface area contributed by atoms with E-state index in [0.29, 0.717) is 5.56 Å². The van der Waals surface area contributed by atoms with E-state index in [-0.39, 0.29) is 36.9 Å². The summed E-state index contributed by atoms with van der Waals surface area (Å²) in [5, 5.41) is 4.56. The Morgan fingerprint density at radius 2 is 2.04 bits per heavy atom. The molecule has 4 N–H and O–H groups in total. The molecular formula is C17H24FN3O4S. The van der Waals surface area contributed by atoms with Crippen LogP contribution >= 0.6 is 11.8 Å². The van der Waals surface area contributed by atoms with Gasteiger partial charge in [-0.3, -0.25) is 9.59 Å². The molecule has 1 aromatic rings. The fourth-order valence-electron chi connectivity index (χ4n) is 2.18. The summed E-state index contributed by atoms with van der Waals surface area (Å²) in [5.41, 5.74) is 6.00. The van der Waals surface area contributed by atoms with Gasteiger partial charge < -0.3 is 21.1 Å². The molecule has 2 unspecified atom stereocenters. The molecule has 0 aromatic heterocycles. The molecule has 0 fully saturated rings. The topological polar surface area (TPSA) is 111 Å². The van der Waals surface area contributed by atoms with Crippen LogP contribution in [0.1, 0.15) is 18.9 Å². The average molecular weight is 385 g/mol. The third-order valence-electron chi connectivity index (χ3n) is 3.66. The number of hydrogen-bond acceptors (Lipinski definition) is 6. The number of methoxy groups -OCH3 is 1. The van der Waals surface area contributed by atoms with Crippen molar-refractivity contribution in [1.29, 1.82) is 0 Å². The van der Waals surface area contributed by atoms with Crippen LogP contribution in [0.2, 0.25) is 0 Å². The van der Waals surface area contributed by atoms with Gasteiger partial charge in [-0.1, -0.05) is 13.0 Å². The van der Waals surface area contributed by atoms with Crippen molar-refractivity contribution in [2.75, 3.05) is 25.2 Å². The molecule has 1 aromatic carbocycles. The van der Waals surface area contributed by atoms with Crippen molar-refractivity contribution in [3.05, 3.63) is 29.6 Å². The molecule has 1 rings (SSSR count). The second-order valence-corrected chi connectivity index (χ2v) is 6.50. The van der Waals surface area contributed by atoms with Gasteiger partial charge in [-0.05, 0) is 24.0 Å². The largest absolute Gasteiger partial charge is 0.467 e. The van der Waals surface area contributed by atoms with Crippen LogP contribution in [0.4, 0.5) is 10.1 Å². The number of benzene rings is 1. The van der Waals surface area contributed by atoms with Crippen LogP contribution in [0.25, 0.3) is 0 Å². The van der Waals surface area contributed by atoms with Crippen LogP contribution in [-0.2, 0) is 25.5 Å². The molecule has 0 saturated heterocycles. The van der Waals surface area contributed by atoms with Crippen LogP contribution in [0.3, 0.4) is 0 Å². The van der Waals surface area contributed by atoms with Gasteiger partial charge in [0.15, 0.2) is 0 Å². The number of halogens is 1. The number of carbonyl (C=O) groups is 3. The number of thioether (sulfide) groups is 1. The Bertz CT molecular complexity index is 653. The summed E-state index contributed by atoms with van der Waals surface area (Å²) in [4.78, 5) is 35.3. The molecule has 0 aliphatic carbocycles. The highest BCUT2D eigenvalue weighted by Gasteiger charge is 2.22. The standard InChI is InChI=1S/C17H24FN3O4S/c1-4-15(22)20-13(17(24)25-2)8-10-5-6-12(11(18)7-10)21-16(23)14(9-19)26-3/h5-7,13-14H,4,8-9,19H2,1-3H3,(H,20,22)(H,21,23). The summed E-state index contributed by atoms with van der Waals surface area (Å²) in [7, 11) is 1.21. The van der Waals surface area contributed by atoms with Gasteiger partial charge in [0.1, 0.15) is 11.9 Å². The summed E-state index contributed by atoms with van der Waals surface area (Å²) in [6.07, 6.45) is 2.03. The van der Waals surface area contributed by atoms with Gasteiger partial charge in [-0.2, -0.15) is 11.8 Å². The number of hydrogen-bond donors (Lipinski definition) is 3. The number of esters is 1. The number of ether oxygens (including phenoxy) is 1. The molecule has 7 nitrogen and oxygen atoms in total. The van der Waals surface area contributed by atoms with Crippen molar-refractivity contribution < 1.29 is 23.5 Å². The summed E-state index contributed by atoms with van der Waals surface area (Å²) in [6.45, 7) is 1.80. The van der Waals surface area contributed by atoms with Crippen molar-refractivity contribution in [2.45, 2.75) is 31.1 Å². The zero-order valence-corrected chi connectivity index (χ0v) is 15.8. The second kappa shape index (κ2) is 10.8. The van der Waals surface area contributed by atoms with Crippen molar-refractivity contribution in [3.63, 3.8) is 0 Å². The molecule has 0 radical (unpaired) electrons. The molecule has 26 heavy (non-hydrogen) atoms. The maximum Gasteiger partial charge on any atom is 0.328 e. The third-order valence-corrected chi connectivity index (χ3v) is 4.64. The van der Waals surface area contributed by atoms with Crippen molar-refractivity contribution >= 4 is 35.2 Å². The van der Waals surface area contributed by atoms with Gasteiger partial charge >= 0.3 is 5.97 Å². The number of nitrogens with one attached hydrogen (secondary N) is 2. The van der Waals surface area contributed by atoms with Gasteiger partial charge in [0.25, 0.3) is 0 Å². The number of anilines is 1. The average Bonchev–Trinajstić information content (AvgIpc) is 2.63. The predicted octanol–water partition coefficient (Wildman–Crippen LogP) is 1.06. The lowest BCUT2D eigenvalue weighted by Gasteiger charge is -2.17. The molecule has 0 spiro atoms. The number of carbonyl (C=O) groups excluding carboxylic acids is 3. The first-order chi connectivity index (χ1) is 12.4. The molecule has 0 aliphatic heterocycles. The molecule has 144 valence electrons. The molecular weight excluding hydrogens is 361 g/mol. The Morgan fingerprint density at radius 3 is 2.54 bits per heavy atom. The molecule has 0 saturated carbocycles. The highest BCUT2D eigenvalue weighted by atomic mass is 32.2. The highest BCUT2D eigenvalue weighted by molar-refractivity contribution is 8.00. The summed E-state index contributed by atoms with van der Waals surface area (Å²) in [5.74, 6) is -1.95. The van der Waals surface area contributed by atoms with Crippen LogP contribution in [-0.4, -0.2) is 49.0 Å². The number of nitrogens with two attached hydrogens (primary N) is 1. The normalized spacial score (nSPS) is 12.8. The first-order valence-corrected chi connectivity index (χ1v) is 9.34. The van der Waals surface area contributed by atoms with Crippen molar-refractivity contribution in [1.82, 2.24) is 5.32 Å². The van der Waals surface area contributed by atoms with Gasteiger partial charge in [-0.25, -0.2) is 9.18 Å². The van der Waals surface area contributed by atoms with Crippen molar-refractivity contribution in [2.24, 2.45) is 5.73 Å². The van der Waals surface area contributed by atoms with E-state index in [1.165, 1.54) is 31.0 Å². The van der Waals surface area contributed by atoms with Crippen LogP contribution < -0.4 is 16.4 Å². The van der Waals surface area contributed by atoms with Crippen LogP contribution in [0, 0.1) is 5.82 Å². The van der Waals surface area contributed by atoms with E-state index in [1.807, 2.05) is 0 Å². The lowest BCUT2D eigenvalue weighted by molar-refractivity contribution is -0.145. The van der Waals surface area contributed by atoms with E-state index < -0.39 is 23.1 Å². The summed E-state index contributed by atoms with van der Waals surface area (Å²) >= 11 is 1.28. The van der Waals surface area contributed by atoms with Crippen LogP contribution in [0.15, 0.2) is 18.2 Å². The Hall–Kier alpha value is -2.13. The van der Waals surface area contributed by atoms with Gasteiger partial charge in [0.2, 0.25) is 11.8 Å². The molecule has 0 heterocycles. The summed E-state index contributed by atoms with van der Waals surface area (Å²) < 4.78 is 19.0. The molecule has 0 aliphatic rings. The zero-order valence-electron chi connectivity index (χ0n) is 15.0. The van der Waals surface area contributed by atoms with E-state index in [0.717, 1.165) is 0 Å². The lowest BCUT2D eigenvalue weighted by Crippen LogP contribution is -2.42. The lowest BCUT2D eigenvalue weighted by atomic mass is 10.0. The quantitative estimate of drug-likeness (QED) is 0.549. The van der Waals surface area contributed by atoms with E-state index in [2.05, 4.69) is 15.4 Å². The fourth-order valence-corrected chi connectivity index (χ4v) is 2.64. The van der Waals surface area contributed by atoms with Gasteiger partial charge in [0, 0.05) is 19.4 Å². The minimum atomic E-state index is -0.912. The maximum atomic E-state index is 14.3. The number of rotatable bonds is 9. The predicted molar refractivity (Wildman–Crippen MR) is 99.3 cm³/mol. The minimum absolute atomic E-state index is 0.0264. The fraction of sp³-hybridized carbons (Fsp3) is 0.471. The van der Waals surface area contributed by atoms with Gasteiger partial charge in [0.05, 0.1) is 18.0 Å². The SMILES string of the molecule is CCC(=O)NC(Cc1ccc(NC(=O)C(CN)SC)c(F)c1)C(=O)OC.